The number of carbonyl (C=O) groups is 2. The van der Waals surface area contributed by atoms with Gasteiger partial charge in [-0.25, -0.2) is 4.79 Å². The zero-order valence-electron chi connectivity index (χ0n) is 17.4. The number of Topliss-reactive ketones (excluding diaryl/α,β-unsaturated/α-hetero) is 1. The maximum Gasteiger partial charge on any atom is 0.338 e. The van der Waals surface area contributed by atoms with Crippen LogP contribution in [0.3, 0.4) is 0 Å². The van der Waals surface area contributed by atoms with E-state index in [9.17, 15) is 9.59 Å². The van der Waals surface area contributed by atoms with E-state index < -0.39 is 0 Å². The molecule has 2 aromatic rings. The molecule has 0 radical (unpaired) electrons. The van der Waals surface area contributed by atoms with Crippen LogP contribution in [0.25, 0.3) is 0 Å². The molecule has 0 bridgehead atoms. The van der Waals surface area contributed by atoms with Crippen LogP contribution < -0.4 is 5.32 Å². The topological polar surface area (TPSA) is 58.6 Å². The van der Waals surface area contributed by atoms with Crippen LogP contribution >= 0.6 is 0 Å². The van der Waals surface area contributed by atoms with Gasteiger partial charge in [0, 0.05) is 42.3 Å². The Bertz CT molecular complexity index is 1080. The highest BCUT2D eigenvalue weighted by molar-refractivity contribution is 5.98. The Labute approximate surface area is 182 Å². The summed E-state index contributed by atoms with van der Waals surface area (Å²) in [5, 5.41) is 3.72. The molecule has 31 heavy (non-hydrogen) atoms. The molecule has 4 unspecified atom stereocenters. The van der Waals surface area contributed by atoms with Gasteiger partial charge in [0.2, 0.25) is 0 Å². The third kappa shape index (κ3) is 3.06. The maximum atomic E-state index is 13.2. The highest BCUT2D eigenvalue weighted by atomic mass is 16.5. The van der Waals surface area contributed by atoms with Crippen molar-refractivity contribution in [1.82, 2.24) is 4.90 Å². The lowest BCUT2D eigenvalue weighted by atomic mass is 9.76. The standard InChI is InChI=1S/C26H26N2O3/c29-24-15-23-25-19(18-8-4-5-9-21(18)27-25)12-13-28(23)22-11-10-17(14-20(22)24)31-26(30)16-6-2-1-3-7-16/h1-9,17,19,23,25,27H,10-15H2. The molecule has 2 aromatic carbocycles. The second-order valence-corrected chi connectivity index (χ2v) is 9.10. The number of hydrogen-bond acceptors (Lipinski definition) is 5. The van der Waals surface area contributed by atoms with Gasteiger partial charge in [-0.15, -0.1) is 0 Å². The van der Waals surface area contributed by atoms with Crippen molar-refractivity contribution in [1.29, 1.82) is 0 Å². The number of nitrogens with one attached hydrogen (secondary N) is 1. The smallest absolute Gasteiger partial charge is 0.338 e. The number of allylic oxidation sites excluding steroid dienone is 1. The van der Waals surface area contributed by atoms with E-state index in [-0.39, 0.29) is 29.9 Å². The van der Waals surface area contributed by atoms with Crippen molar-refractivity contribution in [2.75, 3.05) is 11.9 Å². The minimum Gasteiger partial charge on any atom is -0.458 e. The summed E-state index contributed by atoms with van der Waals surface area (Å²) >= 11 is 0. The van der Waals surface area contributed by atoms with Crippen LogP contribution in [0.15, 0.2) is 65.9 Å². The Morgan fingerprint density at radius 2 is 1.81 bits per heavy atom. The average molecular weight is 415 g/mol. The third-order valence-corrected chi connectivity index (χ3v) is 7.46. The van der Waals surface area contributed by atoms with Crippen LogP contribution in [-0.2, 0) is 9.53 Å². The number of hydrogen-bond donors (Lipinski definition) is 1. The fraction of sp³-hybridized carbons (Fsp3) is 0.385. The van der Waals surface area contributed by atoms with Crippen molar-refractivity contribution in [2.24, 2.45) is 0 Å². The Balaban J connectivity index is 1.21. The van der Waals surface area contributed by atoms with Gasteiger partial charge >= 0.3 is 5.97 Å². The molecule has 6 rings (SSSR count). The fourth-order valence-electron chi connectivity index (χ4n) is 6.03. The first-order valence-electron chi connectivity index (χ1n) is 11.3. The van der Waals surface area contributed by atoms with Crippen LogP contribution in [-0.4, -0.2) is 41.4 Å². The second kappa shape index (κ2) is 7.26. The minimum atomic E-state index is -0.301. The summed E-state index contributed by atoms with van der Waals surface area (Å²) < 4.78 is 5.77. The number of nitrogens with zero attached hydrogens (tertiary/aromatic N) is 1. The predicted molar refractivity (Wildman–Crippen MR) is 118 cm³/mol. The molecule has 1 aliphatic carbocycles. The summed E-state index contributed by atoms with van der Waals surface area (Å²) in [6.07, 6.45) is 3.53. The Hall–Kier alpha value is -3.08. The zero-order valence-corrected chi connectivity index (χ0v) is 17.4. The van der Waals surface area contributed by atoms with E-state index in [0.29, 0.717) is 24.3 Å². The van der Waals surface area contributed by atoms with Gasteiger partial charge in [0.05, 0.1) is 17.6 Å². The lowest BCUT2D eigenvalue weighted by molar-refractivity contribution is -0.119. The van der Waals surface area contributed by atoms with Crippen molar-refractivity contribution in [3.63, 3.8) is 0 Å². The lowest BCUT2D eigenvalue weighted by Gasteiger charge is -2.49. The number of ether oxygens (including phenoxy) is 1. The molecule has 0 saturated carbocycles. The van der Waals surface area contributed by atoms with E-state index in [4.69, 9.17) is 4.74 Å². The van der Waals surface area contributed by atoms with Crippen molar-refractivity contribution >= 4 is 17.4 Å². The van der Waals surface area contributed by atoms with Crippen molar-refractivity contribution in [3.05, 3.63) is 77.0 Å². The molecule has 0 aromatic heterocycles. The largest absolute Gasteiger partial charge is 0.458 e. The lowest BCUT2D eigenvalue weighted by Crippen LogP contribution is -2.56. The van der Waals surface area contributed by atoms with E-state index in [1.807, 2.05) is 18.2 Å². The number of ketones is 1. The van der Waals surface area contributed by atoms with E-state index >= 15 is 0 Å². The monoisotopic (exact) mass is 414 g/mol. The normalized spacial score (nSPS) is 28.8. The number of benzene rings is 2. The van der Waals surface area contributed by atoms with Gasteiger partial charge in [0.1, 0.15) is 6.10 Å². The summed E-state index contributed by atoms with van der Waals surface area (Å²) in [6, 6.07) is 18.1. The van der Waals surface area contributed by atoms with Gasteiger partial charge < -0.3 is 15.0 Å². The molecule has 5 nitrogen and oxygen atoms in total. The number of esters is 1. The Kier molecular flexibility index (Phi) is 4.37. The number of piperidine rings is 1. The summed E-state index contributed by atoms with van der Waals surface area (Å²) in [5.41, 5.74) is 5.28. The second-order valence-electron chi connectivity index (χ2n) is 9.10. The van der Waals surface area contributed by atoms with Gasteiger partial charge in [-0.3, -0.25) is 4.79 Å². The molecule has 1 saturated heterocycles. The van der Waals surface area contributed by atoms with Gasteiger partial charge in [0.25, 0.3) is 0 Å². The number of carbonyl (C=O) groups excluding carboxylic acids is 2. The molecule has 3 heterocycles. The van der Waals surface area contributed by atoms with E-state index in [1.54, 1.807) is 12.1 Å². The van der Waals surface area contributed by atoms with Crippen LogP contribution in [0.4, 0.5) is 5.69 Å². The minimum absolute atomic E-state index is 0.209. The fourth-order valence-corrected chi connectivity index (χ4v) is 6.03. The van der Waals surface area contributed by atoms with Gasteiger partial charge in [0.15, 0.2) is 5.78 Å². The van der Waals surface area contributed by atoms with Gasteiger partial charge in [-0.1, -0.05) is 36.4 Å². The average Bonchev–Trinajstić information content (AvgIpc) is 3.19. The van der Waals surface area contributed by atoms with Crippen molar-refractivity contribution in [2.45, 2.75) is 56.2 Å². The molecule has 158 valence electrons. The summed E-state index contributed by atoms with van der Waals surface area (Å²) in [5.74, 6) is 0.412. The Morgan fingerprint density at radius 1 is 1.00 bits per heavy atom. The zero-order chi connectivity index (χ0) is 20.9. The summed E-state index contributed by atoms with van der Waals surface area (Å²) in [6.45, 7) is 0.989. The van der Waals surface area contributed by atoms with Crippen LogP contribution in [0.5, 0.6) is 0 Å². The first kappa shape index (κ1) is 18.7. The first-order valence-corrected chi connectivity index (χ1v) is 11.3. The van der Waals surface area contributed by atoms with E-state index in [2.05, 4.69) is 34.5 Å². The first-order chi connectivity index (χ1) is 15.2. The highest BCUT2D eigenvalue weighted by Gasteiger charge is 2.48. The summed E-state index contributed by atoms with van der Waals surface area (Å²) in [4.78, 5) is 28.2. The number of para-hydroxylation sites is 1. The van der Waals surface area contributed by atoms with Crippen LogP contribution in [0, 0.1) is 0 Å². The number of rotatable bonds is 2. The molecule has 0 spiro atoms. The number of fused-ring (bicyclic) bond motifs is 6. The molecule has 1 fully saturated rings. The molecular weight excluding hydrogens is 388 g/mol. The van der Waals surface area contributed by atoms with E-state index in [0.717, 1.165) is 31.4 Å². The van der Waals surface area contributed by atoms with Crippen LogP contribution in [0.2, 0.25) is 0 Å². The highest BCUT2D eigenvalue weighted by Crippen LogP contribution is 2.48. The SMILES string of the molecule is O=C1CC2C3Nc4ccccc4C3CCN2C2=C1CC(OC(=O)c1ccccc1)CC2. The maximum absolute atomic E-state index is 13.2. The predicted octanol–water partition coefficient (Wildman–Crippen LogP) is 4.28. The van der Waals surface area contributed by atoms with Gasteiger partial charge in [-0.2, -0.15) is 0 Å². The molecule has 4 atom stereocenters. The Morgan fingerprint density at radius 3 is 2.68 bits per heavy atom. The molecule has 1 N–H and O–H groups in total. The van der Waals surface area contributed by atoms with Crippen molar-refractivity contribution in [3.8, 4) is 0 Å². The van der Waals surface area contributed by atoms with E-state index in [1.165, 1.54) is 16.9 Å². The van der Waals surface area contributed by atoms with Crippen LogP contribution in [0.1, 0.15) is 53.9 Å². The molecular formula is C26H26N2O3. The number of anilines is 1. The molecule has 0 amide bonds. The van der Waals surface area contributed by atoms with Gasteiger partial charge in [-0.05, 0) is 43.0 Å². The summed E-state index contributed by atoms with van der Waals surface area (Å²) in [7, 11) is 0. The molecule has 5 heteroatoms. The quantitative estimate of drug-likeness (QED) is 0.744. The third-order valence-electron chi connectivity index (χ3n) is 7.46. The van der Waals surface area contributed by atoms with Crippen molar-refractivity contribution < 1.29 is 14.3 Å². The molecule has 4 aliphatic rings. The molecule has 3 aliphatic heterocycles.